The largest absolute Gasteiger partial charge is 0.298 e. The van der Waals surface area contributed by atoms with Gasteiger partial charge >= 0.3 is 0 Å². The smallest absolute Gasteiger partial charge is 0.123 e. The Kier molecular flexibility index (Phi) is 4.37. The molecule has 2 atom stereocenters. The van der Waals surface area contributed by atoms with Crippen molar-refractivity contribution in [1.82, 2.24) is 9.80 Å². The van der Waals surface area contributed by atoms with Crippen LogP contribution in [0.3, 0.4) is 0 Å². The van der Waals surface area contributed by atoms with Gasteiger partial charge in [-0.25, -0.2) is 4.39 Å². The van der Waals surface area contributed by atoms with E-state index in [-0.39, 0.29) is 5.82 Å². The third kappa shape index (κ3) is 3.04. The van der Waals surface area contributed by atoms with Crippen molar-refractivity contribution >= 4 is 0 Å². The molecule has 0 aromatic heterocycles. The first kappa shape index (κ1) is 14.0. The molecule has 1 aromatic rings. The van der Waals surface area contributed by atoms with Crippen LogP contribution in [0.2, 0.25) is 0 Å². The average Bonchev–Trinajstić information content (AvgIpc) is 2.92. The lowest BCUT2D eigenvalue weighted by atomic mass is 10.0. The van der Waals surface area contributed by atoms with Crippen LogP contribution in [0, 0.1) is 5.82 Å². The average molecular weight is 276 g/mol. The van der Waals surface area contributed by atoms with Crippen LogP contribution in [0.5, 0.6) is 0 Å². The van der Waals surface area contributed by atoms with Gasteiger partial charge < -0.3 is 0 Å². The lowest BCUT2D eigenvalue weighted by Gasteiger charge is -2.43. The van der Waals surface area contributed by atoms with Gasteiger partial charge in [-0.3, -0.25) is 9.80 Å². The zero-order valence-electron chi connectivity index (χ0n) is 12.4. The van der Waals surface area contributed by atoms with Crippen molar-refractivity contribution < 1.29 is 4.39 Å². The highest BCUT2D eigenvalue weighted by molar-refractivity contribution is 5.16. The first-order chi connectivity index (χ1) is 9.76. The SMILES string of the molecule is CCC1CN2CCCC2CN1CCc1ccc(F)cc1. The molecule has 2 aliphatic rings. The van der Waals surface area contributed by atoms with Crippen LogP contribution in [0.1, 0.15) is 31.7 Å². The van der Waals surface area contributed by atoms with E-state index in [1.165, 1.54) is 44.5 Å². The number of rotatable bonds is 4. The minimum atomic E-state index is -0.139. The second-order valence-electron chi connectivity index (χ2n) is 6.22. The Balaban J connectivity index is 1.58. The lowest BCUT2D eigenvalue weighted by molar-refractivity contribution is 0.0501. The summed E-state index contributed by atoms with van der Waals surface area (Å²) >= 11 is 0. The maximum atomic E-state index is 12.9. The van der Waals surface area contributed by atoms with Gasteiger partial charge in [0, 0.05) is 31.7 Å². The third-order valence-corrected chi connectivity index (χ3v) is 4.98. The minimum absolute atomic E-state index is 0.139. The summed E-state index contributed by atoms with van der Waals surface area (Å²) in [5, 5.41) is 0. The first-order valence-electron chi connectivity index (χ1n) is 7.99. The highest BCUT2D eigenvalue weighted by Gasteiger charge is 2.34. The van der Waals surface area contributed by atoms with Crippen molar-refractivity contribution in [3.63, 3.8) is 0 Å². The molecular weight excluding hydrogens is 251 g/mol. The zero-order valence-corrected chi connectivity index (χ0v) is 12.4. The summed E-state index contributed by atoms with van der Waals surface area (Å²) < 4.78 is 12.9. The highest BCUT2D eigenvalue weighted by atomic mass is 19.1. The standard InChI is InChI=1S/C17H25FN2/c1-2-16-12-19-10-3-4-17(19)13-20(16)11-9-14-5-7-15(18)8-6-14/h5-8,16-17H,2-4,9-13H2,1H3. The molecule has 0 bridgehead atoms. The van der Waals surface area contributed by atoms with E-state index < -0.39 is 0 Å². The first-order valence-corrected chi connectivity index (χ1v) is 7.99. The van der Waals surface area contributed by atoms with Crippen molar-refractivity contribution in [2.24, 2.45) is 0 Å². The van der Waals surface area contributed by atoms with E-state index >= 15 is 0 Å². The van der Waals surface area contributed by atoms with Crippen LogP contribution in [-0.4, -0.2) is 48.1 Å². The van der Waals surface area contributed by atoms with Crippen molar-refractivity contribution in [2.75, 3.05) is 26.2 Å². The van der Waals surface area contributed by atoms with E-state index in [4.69, 9.17) is 0 Å². The molecule has 2 fully saturated rings. The maximum absolute atomic E-state index is 12.9. The lowest BCUT2D eigenvalue weighted by Crippen LogP contribution is -2.56. The molecule has 1 aromatic carbocycles. The van der Waals surface area contributed by atoms with Crippen molar-refractivity contribution in [3.8, 4) is 0 Å². The molecule has 2 saturated heterocycles. The van der Waals surface area contributed by atoms with Crippen LogP contribution < -0.4 is 0 Å². The van der Waals surface area contributed by atoms with Crippen LogP contribution >= 0.6 is 0 Å². The van der Waals surface area contributed by atoms with Crippen LogP contribution in [0.4, 0.5) is 4.39 Å². The molecule has 3 rings (SSSR count). The number of hydrogen-bond acceptors (Lipinski definition) is 2. The quantitative estimate of drug-likeness (QED) is 0.834. The summed E-state index contributed by atoms with van der Waals surface area (Å²) in [5.41, 5.74) is 1.25. The Bertz CT molecular complexity index is 431. The molecule has 0 radical (unpaired) electrons. The topological polar surface area (TPSA) is 6.48 Å². The molecule has 2 aliphatic heterocycles. The number of fused-ring (bicyclic) bond motifs is 1. The molecule has 0 N–H and O–H groups in total. The number of benzene rings is 1. The highest BCUT2D eigenvalue weighted by Crippen LogP contribution is 2.25. The molecule has 0 spiro atoms. The monoisotopic (exact) mass is 276 g/mol. The Morgan fingerprint density at radius 3 is 2.75 bits per heavy atom. The van der Waals surface area contributed by atoms with E-state index in [2.05, 4.69) is 16.7 Å². The summed E-state index contributed by atoms with van der Waals surface area (Å²) in [6.45, 7) is 7.16. The van der Waals surface area contributed by atoms with Gasteiger partial charge in [0.25, 0.3) is 0 Å². The Hall–Kier alpha value is -0.930. The second-order valence-corrected chi connectivity index (χ2v) is 6.22. The fourth-order valence-electron chi connectivity index (χ4n) is 3.73. The van der Waals surface area contributed by atoms with Gasteiger partial charge in [-0.1, -0.05) is 19.1 Å². The summed E-state index contributed by atoms with van der Waals surface area (Å²) in [4.78, 5) is 5.35. The predicted molar refractivity (Wildman–Crippen MR) is 80.4 cm³/mol. The minimum Gasteiger partial charge on any atom is -0.298 e. The number of piperazine rings is 1. The third-order valence-electron chi connectivity index (χ3n) is 4.98. The predicted octanol–water partition coefficient (Wildman–Crippen LogP) is 2.93. The number of hydrogen-bond donors (Lipinski definition) is 0. The summed E-state index contributed by atoms with van der Waals surface area (Å²) in [6.07, 6.45) is 4.99. The van der Waals surface area contributed by atoms with Gasteiger partial charge in [-0.15, -0.1) is 0 Å². The van der Waals surface area contributed by atoms with Gasteiger partial charge in [0.2, 0.25) is 0 Å². The van der Waals surface area contributed by atoms with Gasteiger partial charge in [0.1, 0.15) is 5.82 Å². The summed E-state index contributed by atoms with van der Waals surface area (Å²) in [5.74, 6) is -0.139. The molecular formula is C17H25FN2. The zero-order chi connectivity index (χ0) is 13.9. The molecule has 20 heavy (non-hydrogen) atoms. The number of nitrogens with zero attached hydrogens (tertiary/aromatic N) is 2. The molecule has 3 heteroatoms. The molecule has 2 nitrogen and oxygen atoms in total. The molecule has 2 heterocycles. The molecule has 2 unspecified atom stereocenters. The van der Waals surface area contributed by atoms with Crippen molar-refractivity contribution in [2.45, 2.75) is 44.7 Å². The summed E-state index contributed by atoms with van der Waals surface area (Å²) in [6, 6.07) is 8.46. The Morgan fingerprint density at radius 1 is 1.20 bits per heavy atom. The molecule has 0 amide bonds. The summed E-state index contributed by atoms with van der Waals surface area (Å²) in [7, 11) is 0. The van der Waals surface area contributed by atoms with Gasteiger partial charge in [0.05, 0.1) is 0 Å². The maximum Gasteiger partial charge on any atom is 0.123 e. The Labute approximate surface area is 121 Å². The normalized spacial score (nSPS) is 27.7. The van der Waals surface area contributed by atoms with Crippen LogP contribution in [0.15, 0.2) is 24.3 Å². The van der Waals surface area contributed by atoms with Crippen molar-refractivity contribution in [1.29, 1.82) is 0 Å². The molecule has 0 saturated carbocycles. The van der Waals surface area contributed by atoms with Crippen molar-refractivity contribution in [3.05, 3.63) is 35.6 Å². The van der Waals surface area contributed by atoms with E-state index in [1.54, 1.807) is 12.1 Å². The van der Waals surface area contributed by atoms with E-state index in [9.17, 15) is 4.39 Å². The fourth-order valence-corrected chi connectivity index (χ4v) is 3.73. The van der Waals surface area contributed by atoms with E-state index in [0.29, 0.717) is 6.04 Å². The van der Waals surface area contributed by atoms with Gasteiger partial charge in [-0.05, 0) is 49.9 Å². The second kappa shape index (κ2) is 6.23. The Morgan fingerprint density at radius 2 is 2.00 bits per heavy atom. The molecule has 0 aliphatic carbocycles. The number of halogens is 1. The van der Waals surface area contributed by atoms with Gasteiger partial charge in [-0.2, -0.15) is 0 Å². The van der Waals surface area contributed by atoms with E-state index in [0.717, 1.165) is 19.0 Å². The van der Waals surface area contributed by atoms with E-state index in [1.807, 2.05) is 12.1 Å². The fraction of sp³-hybridized carbons (Fsp3) is 0.647. The van der Waals surface area contributed by atoms with Crippen LogP contribution in [0.25, 0.3) is 0 Å². The molecule has 110 valence electrons. The van der Waals surface area contributed by atoms with Gasteiger partial charge in [0.15, 0.2) is 0 Å². The van der Waals surface area contributed by atoms with Crippen LogP contribution in [-0.2, 0) is 6.42 Å².